The van der Waals surface area contributed by atoms with Crippen molar-refractivity contribution in [1.82, 2.24) is 4.67 Å². The Balaban J connectivity index is 2.53. The van der Waals surface area contributed by atoms with Crippen molar-refractivity contribution < 1.29 is 4.52 Å². The van der Waals surface area contributed by atoms with E-state index in [1.807, 2.05) is 11.4 Å². The van der Waals surface area contributed by atoms with Gasteiger partial charge in [-0.2, -0.15) is 12.6 Å². The van der Waals surface area contributed by atoms with Crippen molar-refractivity contribution in [2.75, 3.05) is 12.4 Å². The van der Waals surface area contributed by atoms with Crippen molar-refractivity contribution in [3.8, 4) is 0 Å². The van der Waals surface area contributed by atoms with E-state index in [0.717, 1.165) is 12.4 Å². The Morgan fingerprint density at radius 1 is 1.43 bits per heavy atom. The minimum Gasteiger partial charge on any atom is -0.334 e. The van der Waals surface area contributed by atoms with Gasteiger partial charge in [0.2, 0.25) is 0 Å². The first-order valence-corrected chi connectivity index (χ1v) is 8.38. The van der Waals surface area contributed by atoms with Gasteiger partial charge in [-0.25, -0.2) is 4.67 Å². The summed E-state index contributed by atoms with van der Waals surface area (Å²) in [6.07, 6.45) is 0. The van der Waals surface area contributed by atoms with E-state index >= 15 is 0 Å². The van der Waals surface area contributed by atoms with Crippen LogP contribution in [0.15, 0.2) is 0 Å². The van der Waals surface area contributed by atoms with Gasteiger partial charge in [-0.15, -0.1) is 0 Å². The van der Waals surface area contributed by atoms with Gasteiger partial charge in [0, 0.05) is 23.1 Å². The molecule has 2 nitrogen and oxygen atoms in total. The third-order valence-electron chi connectivity index (χ3n) is 2.06. The Hall–Kier alpha value is 1.05. The highest BCUT2D eigenvalue weighted by molar-refractivity contribution is 8.54. The highest BCUT2D eigenvalue weighted by atomic mass is 32.7. The molecule has 0 spiro atoms. The van der Waals surface area contributed by atoms with Crippen LogP contribution in [-0.2, 0) is 4.52 Å². The summed E-state index contributed by atoms with van der Waals surface area (Å²) in [4.78, 5) is 0. The summed E-state index contributed by atoms with van der Waals surface area (Å²) in [6, 6.07) is 1.12. The summed E-state index contributed by atoms with van der Waals surface area (Å²) in [5.74, 6) is 0.924. The zero-order chi connectivity index (χ0) is 10.7. The molecule has 1 saturated heterocycles. The lowest BCUT2D eigenvalue weighted by Gasteiger charge is -2.33. The van der Waals surface area contributed by atoms with Crippen LogP contribution in [0.4, 0.5) is 0 Å². The maximum Gasteiger partial charge on any atom is 0.170 e. The van der Waals surface area contributed by atoms with Gasteiger partial charge in [0.05, 0.1) is 6.61 Å². The number of hydrogen-bond donors (Lipinski definition) is 1. The van der Waals surface area contributed by atoms with Gasteiger partial charge in [-0.3, -0.25) is 0 Å². The number of thiol groups is 1. The van der Waals surface area contributed by atoms with Crippen LogP contribution in [0.3, 0.4) is 0 Å². The van der Waals surface area contributed by atoms with E-state index in [1.165, 1.54) is 0 Å². The SMILES string of the molecule is CC(C)N(C(C)C)P1OCC(CS)S1. The first-order chi connectivity index (χ1) is 6.56. The largest absolute Gasteiger partial charge is 0.334 e. The average Bonchev–Trinajstić information content (AvgIpc) is 2.51. The van der Waals surface area contributed by atoms with Gasteiger partial charge >= 0.3 is 0 Å². The van der Waals surface area contributed by atoms with Gasteiger partial charge in [0.25, 0.3) is 0 Å². The maximum absolute atomic E-state index is 5.85. The summed E-state index contributed by atoms with van der Waals surface area (Å²) < 4.78 is 8.32. The average molecular weight is 253 g/mol. The van der Waals surface area contributed by atoms with Crippen molar-refractivity contribution >= 4 is 31.5 Å². The maximum atomic E-state index is 5.85. The molecule has 2 atom stereocenters. The van der Waals surface area contributed by atoms with E-state index in [1.54, 1.807) is 0 Å². The van der Waals surface area contributed by atoms with Crippen molar-refractivity contribution in [3.63, 3.8) is 0 Å². The van der Waals surface area contributed by atoms with Crippen LogP contribution in [0, 0.1) is 0 Å². The lowest BCUT2D eigenvalue weighted by atomic mass is 10.3. The van der Waals surface area contributed by atoms with Crippen LogP contribution >= 0.6 is 31.5 Å². The van der Waals surface area contributed by atoms with Crippen molar-refractivity contribution in [2.45, 2.75) is 45.0 Å². The van der Waals surface area contributed by atoms with E-state index in [9.17, 15) is 0 Å². The normalized spacial score (nSPS) is 28.3. The molecule has 1 fully saturated rings. The second kappa shape index (κ2) is 5.95. The number of nitrogens with zero attached hydrogens (tertiary/aromatic N) is 1. The molecule has 1 rings (SSSR count). The van der Waals surface area contributed by atoms with Crippen LogP contribution in [0.2, 0.25) is 0 Å². The summed E-state index contributed by atoms with van der Waals surface area (Å²) in [5, 5.41) is 0.587. The first kappa shape index (κ1) is 13.1. The van der Waals surface area contributed by atoms with Gasteiger partial charge in [0.15, 0.2) is 7.50 Å². The van der Waals surface area contributed by atoms with Crippen molar-refractivity contribution in [2.24, 2.45) is 0 Å². The summed E-state index contributed by atoms with van der Waals surface area (Å²) in [6.45, 7) is 9.82. The Morgan fingerprint density at radius 2 is 2.00 bits per heavy atom. The smallest absolute Gasteiger partial charge is 0.170 e. The van der Waals surface area contributed by atoms with E-state index in [4.69, 9.17) is 4.52 Å². The van der Waals surface area contributed by atoms with Crippen molar-refractivity contribution in [1.29, 1.82) is 0 Å². The fourth-order valence-corrected chi connectivity index (χ4v) is 7.11. The molecule has 0 saturated carbocycles. The van der Waals surface area contributed by atoms with Gasteiger partial charge < -0.3 is 4.52 Å². The molecule has 1 aliphatic rings. The second-order valence-electron chi connectivity index (χ2n) is 4.01. The van der Waals surface area contributed by atoms with E-state index in [0.29, 0.717) is 17.3 Å². The molecule has 0 aliphatic carbocycles. The minimum absolute atomic E-state index is 0.431. The Labute approximate surface area is 98.2 Å². The topological polar surface area (TPSA) is 12.5 Å². The molecule has 1 aliphatic heterocycles. The lowest BCUT2D eigenvalue weighted by Crippen LogP contribution is -2.31. The molecule has 0 radical (unpaired) electrons. The van der Waals surface area contributed by atoms with Crippen LogP contribution < -0.4 is 0 Å². The molecule has 0 aromatic rings. The Morgan fingerprint density at radius 3 is 2.36 bits per heavy atom. The summed E-state index contributed by atoms with van der Waals surface area (Å²) in [7, 11) is -0.431. The lowest BCUT2D eigenvalue weighted by molar-refractivity contribution is 0.272. The fraction of sp³-hybridized carbons (Fsp3) is 1.00. The van der Waals surface area contributed by atoms with E-state index in [2.05, 4.69) is 45.0 Å². The van der Waals surface area contributed by atoms with Crippen LogP contribution in [0.25, 0.3) is 0 Å². The standard InChI is InChI=1S/C9H20NOPS2/c1-7(2)10(8(3)4)12-11-5-9(6-13)14-12/h7-9,13H,5-6H2,1-4H3. The fourth-order valence-electron chi connectivity index (χ4n) is 1.52. The summed E-state index contributed by atoms with van der Waals surface area (Å²) >= 11 is 6.29. The monoisotopic (exact) mass is 253 g/mol. The molecule has 5 heteroatoms. The quantitative estimate of drug-likeness (QED) is 0.609. The predicted octanol–water partition coefficient (Wildman–Crippen LogP) is 3.39. The molecule has 14 heavy (non-hydrogen) atoms. The highest BCUT2D eigenvalue weighted by Gasteiger charge is 2.33. The molecule has 84 valence electrons. The Kier molecular flexibility index (Phi) is 5.58. The third-order valence-corrected chi connectivity index (χ3v) is 7.52. The Bertz CT molecular complexity index is 172. The molecule has 1 heterocycles. The molecule has 0 bridgehead atoms. The van der Waals surface area contributed by atoms with Crippen LogP contribution in [-0.4, -0.2) is 34.4 Å². The zero-order valence-corrected chi connectivity index (χ0v) is 11.9. The molecular weight excluding hydrogens is 233 g/mol. The third kappa shape index (κ3) is 3.28. The van der Waals surface area contributed by atoms with Gasteiger partial charge in [0.1, 0.15) is 0 Å². The number of hydrogen-bond acceptors (Lipinski definition) is 4. The zero-order valence-electron chi connectivity index (χ0n) is 9.30. The predicted molar refractivity (Wildman–Crippen MR) is 70.2 cm³/mol. The molecule has 0 N–H and O–H groups in total. The van der Waals surface area contributed by atoms with E-state index < -0.39 is 7.50 Å². The summed E-state index contributed by atoms with van der Waals surface area (Å²) in [5.41, 5.74) is 0. The number of rotatable bonds is 4. The van der Waals surface area contributed by atoms with E-state index in [-0.39, 0.29) is 0 Å². The second-order valence-corrected chi connectivity index (χ2v) is 8.02. The van der Waals surface area contributed by atoms with Crippen molar-refractivity contribution in [3.05, 3.63) is 0 Å². The molecule has 2 unspecified atom stereocenters. The van der Waals surface area contributed by atoms with Crippen LogP contribution in [0.1, 0.15) is 27.7 Å². The first-order valence-electron chi connectivity index (χ1n) is 5.05. The molecular formula is C9H20NOPS2. The van der Waals surface area contributed by atoms with Gasteiger partial charge in [-0.1, -0.05) is 11.4 Å². The highest BCUT2D eigenvalue weighted by Crippen LogP contribution is 2.62. The van der Waals surface area contributed by atoms with Crippen LogP contribution in [0.5, 0.6) is 0 Å². The minimum atomic E-state index is -0.431. The molecule has 0 aromatic heterocycles. The molecule has 0 amide bonds. The van der Waals surface area contributed by atoms with Gasteiger partial charge in [-0.05, 0) is 27.7 Å². The molecule has 0 aromatic carbocycles.